The lowest BCUT2D eigenvalue weighted by Crippen LogP contribution is -2.27. The zero-order valence-corrected chi connectivity index (χ0v) is 13.4. The van der Waals surface area contributed by atoms with E-state index in [-0.39, 0.29) is 11.8 Å². The van der Waals surface area contributed by atoms with E-state index in [1.54, 1.807) is 12.1 Å². The summed E-state index contributed by atoms with van der Waals surface area (Å²) in [6, 6.07) is 7.23. The molecule has 1 aromatic carbocycles. The molecule has 116 valence electrons. The molecule has 0 aliphatic carbocycles. The van der Waals surface area contributed by atoms with Gasteiger partial charge < -0.3 is 10.6 Å². The van der Waals surface area contributed by atoms with E-state index in [2.05, 4.69) is 15.6 Å². The maximum Gasteiger partial charge on any atom is 0.252 e. The molecule has 0 fully saturated rings. The molecule has 0 aliphatic heterocycles. The van der Waals surface area contributed by atoms with Crippen LogP contribution in [0.2, 0.25) is 0 Å². The first-order chi connectivity index (χ1) is 10.4. The minimum absolute atomic E-state index is 0.156. The summed E-state index contributed by atoms with van der Waals surface area (Å²) in [7, 11) is 0. The molecule has 0 bridgehead atoms. The van der Waals surface area contributed by atoms with Crippen molar-refractivity contribution in [2.75, 3.05) is 11.9 Å². The Morgan fingerprint density at radius 1 is 1.23 bits per heavy atom. The molecule has 0 unspecified atom stereocenters. The third-order valence-electron chi connectivity index (χ3n) is 3.18. The number of amides is 2. The van der Waals surface area contributed by atoms with Gasteiger partial charge in [-0.3, -0.25) is 14.6 Å². The monoisotopic (exact) mass is 299 g/mol. The van der Waals surface area contributed by atoms with Crippen LogP contribution >= 0.6 is 0 Å². The van der Waals surface area contributed by atoms with Crippen molar-refractivity contribution >= 4 is 28.4 Å². The molecule has 0 spiro atoms. The van der Waals surface area contributed by atoms with Crippen LogP contribution in [0, 0.1) is 12.8 Å². The summed E-state index contributed by atoms with van der Waals surface area (Å²) in [6.07, 6.45) is 0. The fraction of sp³-hybridized carbons (Fsp3) is 0.353. The van der Waals surface area contributed by atoms with E-state index in [0.29, 0.717) is 29.2 Å². The Balaban J connectivity index is 2.49. The summed E-state index contributed by atoms with van der Waals surface area (Å²) in [6.45, 7) is 8.01. The summed E-state index contributed by atoms with van der Waals surface area (Å²) in [4.78, 5) is 28.2. The minimum Gasteiger partial charge on any atom is -0.352 e. The van der Waals surface area contributed by atoms with Crippen LogP contribution < -0.4 is 10.6 Å². The van der Waals surface area contributed by atoms with Crippen molar-refractivity contribution in [3.63, 3.8) is 0 Å². The smallest absolute Gasteiger partial charge is 0.252 e. The zero-order chi connectivity index (χ0) is 16.3. The normalized spacial score (nSPS) is 10.8. The SMILES string of the molecule is CC(=O)Nc1cc(C(=O)NCC(C)C)c2ccc(C)nc2c1. The Morgan fingerprint density at radius 2 is 1.95 bits per heavy atom. The highest BCUT2D eigenvalue weighted by atomic mass is 16.2. The number of nitrogens with one attached hydrogen (secondary N) is 2. The Hall–Kier alpha value is -2.43. The number of hydrogen-bond donors (Lipinski definition) is 2. The van der Waals surface area contributed by atoms with E-state index in [1.165, 1.54) is 6.92 Å². The van der Waals surface area contributed by atoms with Gasteiger partial charge in [-0.25, -0.2) is 0 Å². The van der Waals surface area contributed by atoms with Crippen molar-refractivity contribution in [1.29, 1.82) is 0 Å². The molecule has 1 aromatic heterocycles. The molecule has 0 saturated carbocycles. The van der Waals surface area contributed by atoms with Gasteiger partial charge in [-0.05, 0) is 31.0 Å². The van der Waals surface area contributed by atoms with E-state index < -0.39 is 0 Å². The molecule has 0 atom stereocenters. The molecular weight excluding hydrogens is 278 g/mol. The Kier molecular flexibility index (Phi) is 4.75. The van der Waals surface area contributed by atoms with Crippen LogP contribution in [-0.4, -0.2) is 23.3 Å². The second-order valence-corrected chi connectivity index (χ2v) is 5.83. The number of carbonyl (C=O) groups is 2. The summed E-state index contributed by atoms with van der Waals surface area (Å²) in [5.74, 6) is 0.0335. The average molecular weight is 299 g/mol. The minimum atomic E-state index is -0.180. The number of aromatic nitrogens is 1. The lowest BCUT2D eigenvalue weighted by molar-refractivity contribution is -0.114. The van der Waals surface area contributed by atoms with Crippen LogP contribution in [0.3, 0.4) is 0 Å². The molecule has 22 heavy (non-hydrogen) atoms. The summed E-state index contributed by atoms with van der Waals surface area (Å²) < 4.78 is 0. The second kappa shape index (κ2) is 6.56. The first-order valence-corrected chi connectivity index (χ1v) is 7.34. The van der Waals surface area contributed by atoms with Gasteiger partial charge in [-0.15, -0.1) is 0 Å². The molecular formula is C17H21N3O2. The van der Waals surface area contributed by atoms with Gasteiger partial charge in [0.25, 0.3) is 5.91 Å². The van der Waals surface area contributed by atoms with E-state index in [9.17, 15) is 9.59 Å². The number of pyridine rings is 1. The van der Waals surface area contributed by atoms with Gasteiger partial charge in [0, 0.05) is 30.2 Å². The van der Waals surface area contributed by atoms with Crippen LogP contribution in [0.25, 0.3) is 10.9 Å². The molecule has 0 aliphatic rings. The molecule has 5 nitrogen and oxygen atoms in total. The van der Waals surface area contributed by atoms with E-state index in [1.807, 2.05) is 32.9 Å². The molecule has 0 saturated heterocycles. The van der Waals surface area contributed by atoms with E-state index in [4.69, 9.17) is 0 Å². The highest BCUT2D eigenvalue weighted by Crippen LogP contribution is 2.23. The Labute approximate surface area is 130 Å². The molecule has 1 heterocycles. The number of benzene rings is 1. The fourth-order valence-electron chi connectivity index (χ4n) is 2.19. The molecule has 2 aromatic rings. The predicted octanol–water partition coefficient (Wildman–Crippen LogP) is 2.89. The molecule has 2 rings (SSSR count). The third kappa shape index (κ3) is 3.81. The number of anilines is 1. The molecule has 2 amide bonds. The number of carbonyl (C=O) groups excluding carboxylic acids is 2. The van der Waals surface area contributed by atoms with Crippen LogP contribution in [0.5, 0.6) is 0 Å². The third-order valence-corrected chi connectivity index (χ3v) is 3.18. The quantitative estimate of drug-likeness (QED) is 0.912. The van der Waals surface area contributed by atoms with Crippen molar-refractivity contribution in [3.8, 4) is 0 Å². The maximum absolute atomic E-state index is 12.4. The van der Waals surface area contributed by atoms with Crippen LogP contribution in [0.4, 0.5) is 5.69 Å². The van der Waals surface area contributed by atoms with E-state index in [0.717, 1.165) is 11.1 Å². The first kappa shape index (κ1) is 15.9. The summed E-state index contributed by atoms with van der Waals surface area (Å²) in [5.41, 5.74) is 2.66. The summed E-state index contributed by atoms with van der Waals surface area (Å²) >= 11 is 0. The van der Waals surface area contributed by atoms with Gasteiger partial charge in [0.1, 0.15) is 0 Å². The van der Waals surface area contributed by atoms with Crippen LogP contribution in [-0.2, 0) is 4.79 Å². The van der Waals surface area contributed by atoms with Gasteiger partial charge in [-0.2, -0.15) is 0 Å². The van der Waals surface area contributed by atoms with Crippen molar-refractivity contribution in [2.45, 2.75) is 27.7 Å². The van der Waals surface area contributed by atoms with E-state index >= 15 is 0 Å². The van der Waals surface area contributed by atoms with Crippen molar-refractivity contribution in [3.05, 3.63) is 35.5 Å². The van der Waals surface area contributed by atoms with Gasteiger partial charge >= 0.3 is 0 Å². The topological polar surface area (TPSA) is 71.1 Å². The Bertz CT molecular complexity index is 723. The number of rotatable bonds is 4. The van der Waals surface area contributed by atoms with Gasteiger partial charge in [0.15, 0.2) is 0 Å². The molecule has 5 heteroatoms. The first-order valence-electron chi connectivity index (χ1n) is 7.34. The predicted molar refractivity (Wildman–Crippen MR) is 88.0 cm³/mol. The second-order valence-electron chi connectivity index (χ2n) is 5.83. The zero-order valence-electron chi connectivity index (χ0n) is 13.4. The number of nitrogens with zero attached hydrogens (tertiary/aromatic N) is 1. The van der Waals surface area contributed by atoms with Crippen molar-refractivity contribution in [1.82, 2.24) is 10.3 Å². The number of hydrogen-bond acceptors (Lipinski definition) is 3. The number of aryl methyl sites for hydroxylation is 1. The average Bonchev–Trinajstić information content (AvgIpc) is 2.42. The van der Waals surface area contributed by atoms with Gasteiger partial charge in [0.2, 0.25) is 5.91 Å². The standard InChI is InChI=1S/C17H21N3O2/c1-10(2)9-18-17(22)15-7-13(20-12(4)21)8-16-14(15)6-5-11(3)19-16/h5-8,10H,9H2,1-4H3,(H,18,22)(H,20,21). The highest BCUT2D eigenvalue weighted by molar-refractivity contribution is 6.08. The lowest BCUT2D eigenvalue weighted by Gasteiger charge is -2.12. The van der Waals surface area contributed by atoms with Gasteiger partial charge in [-0.1, -0.05) is 19.9 Å². The lowest BCUT2D eigenvalue weighted by atomic mass is 10.1. The van der Waals surface area contributed by atoms with Crippen molar-refractivity contribution in [2.24, 2.45) is 5.92 Å². The van der Waals surface area contributed by atoms with Gasteiger partial charge in [0.05, 0.1) is 11.1 Å². The van der Waals surface area contributed by atoms with Crippen LogP contribution in [0.15, 0.2) is 24.3 Å². The largest absolute Gasteiger partial charge is 0.352 e. The maximum atomic E-state index is 12.4. The number of fused-ring (bicyclic) bond motifs is 1. The van der Waals surface area contributed by atoms with Crippen LogP contribution in [0.1, 0.15) is 36.8 Å². The summed E-state index contributed by atoms with van der Waals surface area (Å²) in [5, 5.41) is 6.40. The highest BCUT2D eigenvalue weighted by Gasteiger charge is 2.13. The van der Waals surface area contributed by atoms with Crippen molar-refractivity contribution < 1.29 is 9.59 Å². The molecule has 0 radical (unpaired) electrons. The Morgan fingerprint density at radius 3 is 2.59 bits per heavy atom. The molecule has 2 N–H and O–H groups in total. The fourth-order valence-corrected chi connectivity index (χ4v) is 2.19.